The van der Waals surface area contributed by atoms with Gasteiger partial charge in [-0.25, -0.2) is 4.79 Å². The van der Waals surface area contributed by atoms with E-state index in [2.05, 4.69) is 0 Å². The molecule has 0 unspecified atom stereocenters. The largest absolute Gasteiger partial charge is 0.461 e. The van der Waals surface area contributed by atoms with E-state index in [-0.39, 0.29) is 0 Å². The van der Waals surface area contributed by atoms with Gasteiger partial charge in [0, 0.05) is 19.7 Å². The van der Waals surface area contributed by atoms with Crippen LogP contribution in [0.25, 0.3) is 0 Å². The van der Waals surface area contributed by atoms with E-state index < -0.39 is 5.97 Å². The Bertz CT molecular complexity index is 496. The molecule has 1 aliphatic rings. The number of carbonyl (C=O) groups is 1. The van der Waals surface area contributed by atoms with Gasteiger partial charge in [-0.15, -0.1) is 0 Å². The third kappa shape index (κ3) is 3.84. The molecule has 0 amide bonds. The van der Waals surface area contributed by atoms with Crippen LogP contribution in [-0.4, -0.2) is 29.9 Å². The van der Waals surface area contributed by atoms with E-state index in [0.29, 0.717) is 37.0 Å². The van der Waals surface area contributed by atoms with Gasteiger partial charge in [0.2, 0.25) is 0 Å². The van der Waals surface area contributed by atoms with Gasteiger partial charge in [0.05, 0.1) is 24.9 Å². The van der Waals surface area contributed by atoms with Crippen molar-refractivity contribution in [2.45, 2.75) is 38.2 Å². The van der Waals surface area contributed by atoms with Gasteiger partial charge in [-0.3, -0.25) is 0 Å². The maximum atomic E-state index is 11.8. The maximum Gasteiger partial charge on any atom is 0.354 e. The SMILES string of the molecule is Cn1cc(C#N)cc1C(=O)OCCCOC1CCCC1. The third-order valence-corrected chi connectivity index (χ3v) is 3.52. The quantitative estimate of drug-likeness (QED) is 0.591. The standard InChI is InChI=1S/C15H20N2O3/c1-17-11-12(10-16)9-14(17)15(18)20-8-4-7-19-13-5-2-3-6-13/h9,11,13H,2-8H2,1H3. The van der Waals surface area contributed by atoms with E-state index in [4.69, 9.17) is 14.7 Å². The van der Waals surface area contributed by atoms with Crippen LogP contribution in [0, 0.1) is 11.3 Å². The number of hydrogen-bond acceptors (Lipinski definition) is 4. The van der Waals surface area contributed by atoms with Crippen molar-refractivity contribution in [1.29, 1.82) is 5.26 Å². The number of aryl methyl sites for hydroxylation is 1. The van der Waals surface area contributed by atoms with Crippen LogP contribution in [0.2, 0.25) is 0 Å². The molecule has 108 valence electrons. The molecule has 1 aliphatic carbocycles. The summed E-state index contributed by atoms with van der Waals surface area (Å²) >= 11 is 0. The number of nitriles is 1. The van der Waals surface area contributed by atoms with E-state index in [0.717, 1.165) is 12.8 Å². The summed E-state index contributed by atoms with van der Waals surface area (Å²) in [5.41, 5.74) is 0.863. The third-order valence-electron chi connectivity index (χ3n) is 3.52. The molecular formula is C15H20N2O3. The first-order chi connectivity index (χ1) is 9.70. The smallest absolute Gasteiger partial charge is 0.354 e. The molecular weight excluding hydrogens is 256 g/mol. The lowest BCUT2D eigenvalue weighted by atomic mass is 10.3. The van der Waals surface area contributed by atoms with Gasteiger partial charge in [-0.1, -0.05) is 12.8 Å². The van der Waals surface area contributed by atoms with Crippen LogP contribution < -0.4 is 0 Å². The molecule has 1 saturated carbocycles. The van der Waals surface area contributed by atoms with Gasteiger partial charge in [-0.05, 0) is 18.9 Å². The number of rotatable bonds is 6. The van der Waals surface area contributed by atoms with Crippen LogP contribution in [0.4, 0.5) is 0 Å². The molecule has 0 aromatic carbocycles. The molecule has 20 heavy (non-hydrogen) atoms. The van der Waals surface area contributed by atoms with Gasteiger partial charge >= 0.3 is 5.97 Å². The van der Waals surface area contributed by atoms with Crippen molar-refractivity contribution < 1.29 is 14.3 Å². The molecule has 1 aromatic rings. The average molecular weight is 276 g/mol. The molecule has 2 rings (SSSR count). The first kappa shape index (κ1) is 14.6. The predicted molar refractivity (Wildman–Crippen MR) is 73.2 cm³/mol. The molecule has 5 heteroatoms. The van der Waals surface area contributed by atoms with Crippen LogP contribution in [0.3, 0.4) is 0 Å². The van der Waals surface area contributed by atoms with Crippen LogP contribution in [0.1, 0.15) is 48.2 Å². The highest BCUT2D eigenvalue weighted by atomic mass is 16.5. The predicted octanol–water partition coefficient (Wildman–Crippen LogP) is 2.40. The van der Waals surface area contributed by atoms with Gasteiger partial charge in [-0.2, -0.15) is 5.26 Å². The van der Waals surface area contributed by atoms with Crippen molar-refractivity contribution in [1.82, 2.24) is 4.57 Å². The summed E-state index contributed by atoms with van der Waals surface area (Å²) in [5, 5.41) is 8.78. The summed E-state index contributed by atoms with van der Waals surface area (Å²) in [7, 11) is 1.72. The fourth-order valence-electron chi connectivity index (χ4n) is 2.43. The Labute approximate surface area is 119 Å². The first-order valence-electron chi connectivity index (χ1n) is 7.06. The molecule has 0 bridgehead atoms. The Balaban J connectivity index is 1.67. The number of ether oxygens (including phenoxy) is 2. The topological polar surface area (TPSA) is 64.2 Å². The number of carbonyl (C=O) groups excluding carboxylic acids is 1. The minimum absolute atomic E-state index is 0.346. The highest BCUT2D eigenvalue weighted by molar-refractivity contribution is 5.88. The Kier molecular flexibility index (Phi) is 5.19. The van der Waals surface area contributed by atoms with E-state index in [9.17, 15) is 4.79 Å². The summed E-state index contributed by atoms with van der Waals surface area (Å²) in [6.07, 6.45) is 7.54. The normalized spacial score (nSPS) is 15.2. The first-order valence-corrected chi connectivity index (χ1v) is 7.06. The van der Waals surface area contributed by atoms with Crippen molar-refractivity contribution >= 4 is 5.97 Å². The highest BCUT2D eigenvalue weighted by Gasteiger charge is 2.15. The molecule has 1 aromatic heterocycles. The number of nitrogens with zero attached hydrogens (tertiary/aromatic N) is 2. The fraction of sp³-hybridized carbons (Fsp3) is 0.600. The number of hydrogen-bond donors (Lipinski definition) is 0. The maximum absolute atomic E-state index is 11.8. The molecule has 0 radical (unpaired) electrons. The minimum Gasteiger partial charge on any atom is -0.461 e. The zero-order valence-corrected chi connectivity index (χ0v) is 11.8. The van der Waals surface area contributed by atoms with Gasteiger partial charge < -0.3 is 14.0 Å². The molecule has 0 aliphatic heterocycles. The van der Waals surface area contributed by atoms with Crippen molar-refractivity contribution in [3.05, 3.63) is 23.5 Å². The van der Waals surface area contributed by atoms with Crippen molar-refractivity contribution in [2.75, 3.05) is 13.2 Å². The van der Waals surface area contributed by atoms with E-state index in [1.807, 2.05) is 6.07 Å². The Morgan fingerprint density at radius 3 is 2.85 bits per heavy atom. The second-order valence-corrected chi connectivity index (χ2v) is 5.10. The molecule has 0 spiro atoms. The molecule has 0 N–H and O–H groups in total. The van der Waals surface area contributed by atoms with Crippen LogP contribution in [-0.2, 0) is 16.5 Å². The molecule has 1 fully saturated rings. The zero-order valence-electron chi connectivity index (χ0n) is 11.8. The zero-order chi connectivity index (χ0) is 14.4. The second-order valence-electron chi connectivity index (χ2n) is 5.10. The van der Waals surface area contributed by atoms with E-state index in [1.54, 1.807) is 17.8 Å². The summed E-state index contributed by atoms with van der Waals surface area (Å²) in [4.78, 5) is 11.8. The lowest BCUT2D eigenvalue weighted by Crippen LogP contribution is -2.13. The van der Waals surface area contributed by atoms with Crippen LogP contribution >= 0.6 is 0 Å². The number of aromatic nitrogens is 1. The molecule has 1 heterocycles. The lowest BCUT2D eigenvalue weighted by Gasteiger charge is -2.11. The van der Waals surface area contributed by atoms with Crippen LogP contribution in [0.15, 0.2) is 12.3 Å². The number of esters is 1. The highest BCUT2D eigenvalue weighted by Crippen LogP contribution is 2.20. The Morgan fingerprint density at radius 1 is 1.45 bits per heavy atom. The second kappa shape index (κ2) is 7.11. The summed E-state index contributed by atoms with van der Waals surface area (Å²) in [5.74, 6) is -0.394. The molecule has 5 nitrogen and oxygen atoms in total. The van der Waals surface area contributed by atoms with Crippen molar-refractivity contribution in [3.8, 4) is 6.07 Å². The minimum atomic E-state index is -0.394. The van der Waals surface area contributed by atoms with Crippen LogP contribution in [0.5, 0.6) is 0 Å². The Morgan fingerprint density at radius 2 is 2.20 bits per heavy atom. The molecule has 0 saturated heterocycles. The van der Waals surface area contributed by atoms with E-state index in [1.165, 1.54) is 18.9 Å². The monoisotopic (exact) mass is 276 g/mol. The fourth-order valence-corrected chi connectivity index (χ4v) is 2.43. The lowest BCUT2D eigenvalue weighted by molar-refractivity contribution is 0.0305. The average Bonchev–Trinajstić information content (AvgIpc) is 3.07. The van der Waals surface area contributed by atoms with Gasteiger partial charge in [0.1, 0.15) is 11.8 Å². The van der Waals surface area contributed by atoms with Crippen molar-refractivity contribution in [2.24, 2.45) is 7.05 Å². The Hall–Kier alpha value is -1.80. The van der Waals surface area contributed by atoms with Gasteiger partial charge in [0.25, 0.3) is 0 Å². The molecule has 0 atom stereocenters. The van der Waals surface area contributed by atoms with Crippen molar-refractivity contribution in [3.63, 3.8) is 0 Å². The van der Waals surface area contributed by atoms with E-state index >= 15 is 0 Å². The summed E-state index contributed by atoms with van der Waals surface area (Å²) < 4.78 is 12.5. The van der Waals surface area contributed by atoms with Gasteiger partial charge in [0.15, 0.2) is 0 Å². The summed E-state index contributed by atoms with van der Waals surface area (Å²) in [6, 6.07) is 3.54. The summed E-state index contributed by atoms with van der Waals surface area (Å²) in [6.45, 7) is 0.979.